The van der Waals surface area contributed by atoms with Crippen molar-refractivity contribution in [1.82, 2.24) is 10.2 Å². The van der Waals surface area contributed by atoms with E-state index in [0.29, 0.717) is 12.0 Å². The van der Waals surface area contributed by atoms with Gasteiger partial charge in [0.05, 0.1) is 13.2 Å². The Hall–Kier alpha value is -0.160. The number of likely N-dealkylation sites (N-methyl/N-ethyl adjacent to an activating group) is 1. The van der Waals surface area contributed by atoms with Crippen LogP contribution in [-0.4, -0.2) is 62.0 Å². The smallest absolute Gasteiger partial charge is 0.0584 e. The van der Waals surface area contributed by atoms with Crippen molar-refractivity contribution < 1.29 is 9.84 Å². The second-order valence-corrected chi connectivity index (χ2v) is 5.16. The van der Waals surface area contributed by atoms with E-state index in [9.17, 15) is 0 Å². The third-order valence-electron chi connectivity index (χ3n) is 3.67. The molecule has 0 radical (unpaired) electrons. The molecule has 1 heterocycles. The normalized spacial score (nSPS) is 27.4. The van der Waals surface area contributed by atoms with Crippen molar-refractivity contribution in [3.8, 4) is 0 Å². The minimum absolute atomic E-state index is 0.219. The minimum atomic E-state index is 0.219. The van der Waals surface area contributed by atoms with E-state index < -0.39 is 0 Å². The molecule has 1 fully saturated rings. The molecule has 2 N–H and O–H groups in total. The molecular weight excluding hydrogens is 216 g/mol. The van der Waals surface area contributed by atoms with E-state index in [1.54, 1.807) is 0 Å². The summed E-state index contributed by atoms with van der Waals surface area (Å²) in [5, 5.41) is 12.8. The average molecular weight is 244 g/mol. The van der Waals surface area contributed by atoms with Crippen LogP contribution < -0.4 is 5.32 Å². The highest BCUT2D eigenvalue weighted by atomic mass is 16.5. The summed E-state index contributed by atoms with van der Waals surface area (Å²) in [6.45, 7) is 8.25. The largest absolute Gasteiger partial charge is 0.395 e. The van der Waals surface area contributed by atoms with Crippen LogP contribution in [0.3, 0.4) is 0 Å². The average Bonchev–Trinajstić information content (AvgIpc) is 2.36. The van der Waals surface area contributed by atoms with Gasteiger partial charge in [-0.25, -0.2) is 0 Å². The summed E-state index contributed by atoms with van der Waals surface area (Å²) >= 11 is 0. The first-order chi connectivity index (χ1) is 8.19. The molecule has 1 aliphatic rings. The van der Waals surface area contributed by atoms with Crippen molar-refractivity contribution >= 4 is 0 Å². The van der Waals surface area contributed by atoms with Crippen LogP contribution in [0.15, 0.2) is 0 Å². The number of hydrogen-bond donors (Lipinski definition) is 2. The quantitative estimate of drug-likeness (QED) is 0.692. The third-order valence-corrected chi connectivity index (χ3v) is 3.67. The molecule has 1 rings (SSSR count). The number of nitrogens with zero attached hydrogens (tertiary/aromatic N) is 1. The molecule has 0 bridgehead atoms. The van der Waals surface area contributed by atoms with E-state index in [2.05, 4.69) is 31.1 Å². The van der Waals surface area contributed by atoms with Crippen molar-refractivity contribution in [2.24, 2.45) is 5.92 Å². The molecule has 3 unspecified atom stereocenters. The summed E-state index contributed by atoms with van der Waals surface area (Å²) in [7, 11) is 2.08. The van der Waals surface area contributed by atoms with Crippen LogP contribution in [0.2, 0.25) is 0 Å². The van der Waals surface area contributed by atoms with E-state index >= 15 is 0 Å². The summed E-state index contributed by atoms with van der Waals surface area (Å²) in [6.07, 6.45) is 2.28. The van der Waals surface area contributed by atoms with Crippen LogP contribution in [0.4, 0.5) is 0 Å². The molecule has 0 spiro atoms. The van der Waals surface area contributed by atoms with Crippen LogP contribution in [0.25, 0.3) is 0 Å². The number of hydrogen-bond acceptors (Lipinski definition) is 4. The lowest BCUT2D eigenvalue weighted by molar-refractivity contribution is 0.0119. The fourth-order valence-corrected chi connectivity index (χ4v) is 2.26. The molecule has 17 heavy (non-hydrogen) atoms. The Morgan fingerprint density at radius 2 is 2.29 bits per heavy atom. The standard InChI is InChI=1S/C13H28N2O2/c1-4-6-14-13-5-7-17-10-12(13)8-15(3)11(2)9-16/h11-14,16H,4-10H2,1-3H3. The third kappa shape index (κ3) is 4.92. The van der Waals surface area contributed by atoms with Gasteiger partial charge in [0.2, 0.25) is 0 Å². The summed E-state index contributed by atoms with van der Waals surface area (Å²) in [5.41, 5.74) is 0. The van der Waals surface area contributed by atoms with Crippen molar-refractivity contribution in [2.45, 2.75) is 38.8 Å². The molecule has 0 aromatic carbocycles. The minimum Gasteiger partial charge on any atom is -0.395 e. The second kappa shape index (κ2) is 8.03. The lowest BCUT2D eigenvalue weighted by atomic mass is 9.94. The van der Waals surface area contributed by atoms with Gasteiger partial charge in [0, 0.05) is 31.2 Å². The Balaban J connectivity index is 2.41. The number of ether oxygens (including phenoxy) is 1. The van der Waals surface area contributed by atoms with Crippen LogP contribution >= 0.6 is 0 Å². The number of nitrogens with one attached hydrogen (secondary N) is 1. The molecule has 0 amide bonds. The Morgan fingerprint density at radius 1 is 1.53 bits per heavy atom. The predicted molar refractivity (Wildman–Crippen MR) is 70.2 cm³/mol. The highest BCUT2D eigenvalue weighted by molar-refractivity contribution is 4.82. The maximum atomic E-state index is 9.15. The summed E-state index contributed by atoms with van der Waals surface area (Å²) in [6, 6.07) is 0.792. The van der Waals surface area contributed by atoms with Crippen LogP contribution in [0.5, 0.6) is 0 Å². The highest BCUT2D eigenvalue weighted by Crippen LogP contribution is 2.16. The topological polar surface area (TPSA) is 44.7 Å². The molecule has 0 saturated carbocycles. The molecule has 3 atom stereocenters. The van der Waals surface area contributed by atoms with Gasteiger partial charge in [0.15, 0.2) is 0 Å². The van der Waals surface area contributed by atoms with Crippen LogP contribution in [0, 0.1) is 5.92 Å². The summed E-state index contributed by atoms with van der Waals surface area (Å²) in [4.78, 5) is 2.22. The van der Waals surface area contributed by atoms with Gasteiger partial charge in [-0.3, -0.25) is 0 Å². The first kappa shape index (κ1) is 14.9. The van der Waals surface area contributed by atoms with Gasteiger partial charge < -0.3 is 20.1 Å². The molecular formula is C13H28N2O2. The second-order valence-electron chi connectivity index (χ2n) is 5.16. The lowest BCUT2D eigenvalue weighted by Crippen LogP contribution is -2.49. The molecule has 1 aliphatic heterocycles. The summed E-state index contributed by atoms with van der Waals surface area (Å²) in [5.74, 6) is 0.536. The molecule has 102 valence electrons. The van der Waals surface area contributed by atoms with Crippen molar-refractivity contribution in [1.29, 1.82) is 0 Å². The van der Waals surface area contributed by atoms with E-state index in [-0.39, 0.29) is 12.6 Å². The van der Waals surface area contributed by atoms with Gasteiger partial charge in [-0.05, 0) is 33.4 Å². The number of rotatable bonds is 7. The van der Waals surface area contributed by atoms with E-state index in [4.69, 9.17) is 9.84 Å². The lowest BCUT2D eigenvalue weighted by Gasteiger charge is -2.36. The SMILES string of the molecule is CCCNC1CCOCC1CN(C)C(C)CO. The van der Waals surface area contributed by atoms with E-state index in [1.807, 2.05) is 0 Å². The van der Waals surface area contributed by atoms with Gasteiger partial charge in [0.1, 0.15) is 0 Å². The highest BCUT2D eigenvalue weighted by Gasteiger charge is 2.27. The zero-order chi connectivity index (χ0) is 12.7. The van der Waals surface area contributed by atoms with Gasteiger partial charge in [0.25, 0.3) is 0 Å². The number of aliphatic hydroxyl groups is 1. The first-order valence-corrected chi connectivity index (χ1v) is 6.81. The monoisotopic (exact) mass is 244 g/mol. The van der Waals surface area contributed by atoms with Crippen LogP contribution in [-0.2, 0) is 4.74 Å². The zero-order valence-corrected chi connectivity index (χ0v) is 11.5. The molecule has 1 saturated heterocycles. The number of aliphatic hydroxyl groups excluding tert-OH is 1. The van der Waals surface area contributed by atoms with Crippen molar-refractivity contribution in [3.05, 3.63) is 0 Å². The Morgan fingerprint density at radius 3 is 2.94 bits per heavy atom. The van der Waals surface area contributed by atoms with Gasteiger partial charge in [-0.15, -0.1) is 0 Å². The Labute approximate surface area is 105 Å². The van der Waals surface area contributed by atoms with E-state index in [1.165, 1.54) is 6.42 Å². The zero-order valence-electron chi connectivity index (χ0n) is 11.5. The molecule has 4 heteroatoms. The Bertz CT molecular complexity index is 202. The van der Waals surface area contributed by atoms with E-state index in [0.717, 1.165) is 32.7 Å². The fraction of sp³-hybridized carbons (Fsp3) is 1.00. The van der Waals surface area contributed by atoms with Gasteiger partial charge >= 0.3 is 0 Å². The molecule has 4 nitrogen and oxygen atoms in total. The van der Waals surface area contributed by atoms with Crippen molar-refractivity contribution in [2.75, 3.05) is 40.0 Å². The summed E-state index contributed by atoms with van der Waals surface area (Å²) < 4.78 is 5.58. The molecule has 0 aliphatic carbocycles. The predicted octanol–water partition coefficient (Wildman–Crippen LogP) is 0.704. The van der Waals surface area contributed by atoms with Gasteiger partial charge in [-0.1, -0.05) is 6.92 Å². The van der Waals surface area contributed by atoms with Crippen LogP contribution in [0.1, 0.15) is 26.7 Å². The molecule has 0 aromatic heterocycles. The Kier molecular flexibility index (Phi) is 7.04. The molecule has 0 aromatic rings. The maximum Gasteiger partial charge on any atom is 0.0584 e. The maximum absolute atomic E-state index is 9.15. The van der Waals surface area contributed by atoms with Crippen molar-refractivity contribution in [3.63, 3.8) is 0 Å². The fourth-order valence-electron chi connectivity index (χ4n) is 2.26. The van der Waals surface area contributed by atoms with Gasteiger partial charge in [-0.2, -0.15) is 0 Å². The first-order valence-electron chi connectivity index (χ1n) is 6.81.